The van der Waals surface area contributed by atoms with Crippen LogP contribution in [-0.4, -0.2) is 17.1 Å². The predicted molar refractivity (Wildman–Crippen MR) is 79.0 cm³/mol. The van der Waals surface area contributed by atoms with E-state index in [4.69, 9.17) is 0 Å². The highest BCUT2D eigenvalue weighted by molar-refractivity contribution is 5.39. The zero-order chi connectivity index (χ0) is 13.6. The maximum Gasteiger partial charge on any atom is 0.126 e. The van der Waals surface area contributed by atoms with Gasteiger partial charge in [0.1, 0.15) is 5.82 Å². The summed E-state index contributed by atoms with van der Waals surface area (Å²) in [5.74, 6) is 1.00. The molecular weight excluding hydrogens is 222 g/mol. The molecule has 0 aliphatic heterocycles. The fraction of sp³-hybridized carbons (Fsp3) is 0.667. The first-order chi connectivity index (χ1) is 8.44. The van der Waals surface area contributed by atoms with Gasteiger partial charge in [0, 0.05) is 24.3 Å². The van der Waals surface area contributed by atoms with Crippen molar-refractivity contribution in [3.05, 3.63) is 23.4 Å². The van der Waals surface area contributed by atoms with Crippen molar-refractivity contribution >= 4 is 5.82 Å². The Kier molecular flexibility index (Phi) is 5.60. The van der Waals surface area contributed by atoms with Gasteiger partial charge in [0.2, 0.25) is 0 Å². The van der Waals surface area contributed by atoms with Gasteiger partial charge in [-0.2, -0.15) is 0 Å². The number of pyridine rings is 1. The summed E-state index contributed by atoms with van der Waals surface area (Å²) in [4.78, 5) is 4.59. The molecule has 1 rings (SSSR count). The molecule has 0 amide bonds. The maximum absolute atomic E-state index is 4.59. The molecule has 102 valence electrons. The maximum atomic E-state index is 4.59. The van der Waals surface area contributed by atoms with E-state index in [9.17, 15) is 0 Å². The lowest BCUT2D eigenvalue weighted by Gasteiger charge is -2.21. The van der Waals surface area contributed by atoms with E-state index in [2.05, 4.69) is 62.4 Å². The van der Waals surface area contributed by atoms with Crippen LogP contribution in [0.15, 0.2) is 12.1 Å². The van der Waals surface area contributed by atoms with Gasteiger partial charge < -0.3 is 10.6 Å². The van der Waals surface area contributed by atoms with Gasteiger partial charge in [-0.1, -0.05) is 13.8 Å². The topological polar surface area (TPSA) is 37.0 Å². The van der Waals surface area contributed by atoms with Gasteiger partial charge in [-0.15, -0.1) is 0 Å². The van der Waals surface area contributed by atoms with Crippen LogP contribution in [0.25, 0.3) is 0 Å². The molecule has 0 aliphatic rings. The van der Waals surface area contributed by atoms with Crippen molar-refractivity contribution in [3.8, 4) is 0 Å². The second-order valence-corrected chi connectivity index (χ2v) is 5.74. The molecule has 0 bridgehead atoms. The van der Waals surface area contributed by atoms with Crippen molar-refractivity contribution in [3.63, 3.8) is 0 Å². The van der Waals surface area contributed by atoms with Gasteiger partial charge in [0.25, 0.3) is 0 Å². The van der Waals surface area contributed by atoms with E-state index in [0.717, 1.165) is 37.4 Å². The molecule has 18 heavy (non-hydrogen) atoms. The minimum Gasteiger partial charge on any atom is -0.370 e. The van der Waals surface area contributed by atoms with Crippen LogP contribution in [0.4, 0.5) is 5.82 Å². The summed E-state index contributed by atoms with van der Waals surface area (Å²) in [6.07, 6.45) is 2.10. The SMILES string of the molecule is CCCNc1cc(CNC(C)(C)C)cc(CC)n1. The normalized spacial score (nSPS) is 11.6. The average Bonchev–Trinajstić information content (AvgIpc) is 2.32. The third-order valence-electron chi connectivity index (χ3n) is 2.68. The van der Waals surface area contributed by atoms with Gasteiger partial charge >= 0.3 is 0 Å². The molecule has 1 aromatic rings. The lowest BCUT2D eigenvalue weighted by Crippen LogP contribution is -2.35. The Morgan fingerprint density at radius 3 is 2.44 bits per heavy atom. The highest BCUT2D eigenvalue weighted by Gasteiger charge is 2.09. The summed E-state index contributed by atoms with van der Waals surface area (Å²) in [6, 6.07) is 4.34. The van der Waals surface area contributed by atoms with E-state index in [0.29, 0.717) is 0 Å². The Bertz CT molecular complexity index is 366. The monoisotopic (exact) mass is 249 g/mol. The average molecular weight is 249 g/mol. The van der Waals surface area contributed by atoms with Crippen molar-refractivity contribution < 1.29 is 0 Å². The number of nitrogens with zero attached hydrogens (tertiary/aromatic N) is 1. The van der Waals surface area contributed by atoms with Gasteiger partial charge in [0.05, 0.1) is 0 Å². The fourth-order valence-electron chi connectivity index (χ4n) is 1.64. The fourth-order valence-corrected chi connectivity index (χ4v) is 1.64. The standard InChI is InChI=1S/C15H27N3/c1-6-8-16-14-10-12(9-13(7-2)18-14)11-17-15(3,4)5/h9-10,17H,6-8,11H2,1-5H3,(H,16,18). The van der Waals surface area contributed by atoms with E-state index in [1.54, 1.807) is 0 Å². The molecule has 0 atom stereocenters. The first kappa shape index (κ1) is 15.0. The molecule has 0 aromatic carbocycles. The molecule has 0 saturated heterocycles. The predicted octanol–water partition coefficient (Wildman–Crippen LogP) is 3.35. The van der Waals surface area contributed by atoms with Crippen LogP contribution in [0, 0.1) is 0 Å². The third kappa shape index (κ3) is 5.50. The van der Waals surface area contributed by atoms with Crippen LogP contribution < -0.4 is 10.6 Å². The molecule has 3 nitrogen and oxygen atoms in total. The van der Waals surface area contributed by atoms with Crippen LogP contribution in [0.1, 0.15) is 52.3 Å². The van der Waals surface area contributed by atoms with Crippen LogP contribution >= 0.6 is 0 Å². The Labute approximate surface area is 111 Å². The minimum absolute atomic E-state index is 0.145. The van der Waals surface area contributed by atoms with Gasteiger partial charge in [0.15, 0.2) is 0 Å². The number of nitrogens with one attached hydrogen (secondary N) is 2. The molecule has 0 aliphatic carbocycles. The molecule has 1 aromatic heterocycles. The van der Waals surface area contributed by atoms with Gasteiger partial charge in [-0.05, 0) is 51.3 Å². The van der Waals surface area contributed by atoms with Crippen molar-refractivity contribution in [1.82, 2.24) is 10.3 Å². The van der Waals surface area contributed by atoms with Gasteiger partial charge in [-0.3, -0.25) is 0 Å². The number of aryl methyl sites for hydroxylation is 1. The summed E-state index contributed by atoms with van der Waals surface area (Å²) in [7, 11) is 0. The van der Waals surface area contributed by atoms with Crippen LogP contribution in [0.5, 0.6) is 0 Å². The van der Waals surface area contributed by atoms with Crippen molar-refractivity contribution in [2.75, 3.05) is 11.9 Å². The Morgan fingerprint density at radius 2 is 1.89 bits per heavy atom. The molecule has 3 heteroatoms. The van der Waals surface area contributed by atoms with E-state index in [1.807, 2.05) is 0 Å². The molecule has 0 radical (unpaired) electrons. The second kappa shape index (κ2) is 6.74. The smallest absolute Gasteiger partial charge is 0.126 e. The number of hydrogen-bond acceptors (Lipinski definition) is 3. The summed E-state index contributed by atoms with van der Waals surface area (Å²) in [6.45, 7) is 12.7. The van der Waals surface area contributed by atoms with E-state index >= 15 is 0 Å². The highest BCUT2D eigenvalue weighted by atomic mass is 15.0. The summed E-state index contributed by atoms with van der Waals surface area (Å²) in [5, 5.41) is 6.88. The molecule has 1 heterocycles. The summed E-state index contributed by atoms with van der Waals surface area (Å²) < 4.78 is 0. The Morgan fingerprint density at radius 1 is 1.17 bits per heavy atom. The number of hydrogen-bond donors (Lipinski definition) is 2. The molecule has 2 N–H and O–H groups in total. The zero-order valence-electron chi connectivity index (χ0n) is 12.4. The second-order valence-electron chi connectivity index (χ2n) is 5.74. The Balaban J connectivity index is 2.76. The summed E-state index contributed by atoms with van der Waals surface area (Å²) >= 11 is 0. The minimum atomic E-state index is 0.145. The number of aromatic nitrogens is 1. The van der Waals surface area contributed by atoms with E-state index in [-0.39, 0.29) is 5.54 Å². The van der Waals surface area contributed by atoms with Crippen molar-refractivity contribution in [2.45, 2.75) is 59.5 Å². The zero-order valence-corrected chi connectivity index (χ0v) is 12.4. The van der Waals surface area contributed by atoms with Crippen molar-refractivity contribution in [2.24, 2.45) is 0 Å². The lowest BCUT2D eigenvalue weighted by molar-refractivity contribution is 0.424. The van der Waals surface area contributed by atoms with Gasteiger partial charge in [-0.25, -0.2) is 4.98 Å². The quantitative estimate of drug-likeness (QED) is 0.812. The first-order valence-electron chi connectivity index (χ1n) is 6.93. The lowest BCUT2D eigenvalue weighted by atomic mass is 10.1. The molecule has 0 fully saturated rings. The Hall–Kier alpha value is -1.09. The number of anilines is 1. The highest BCUT2D eigenvalue weighted by Crippen LogP contribution is 2.12. The van der Waals surface area contributed by atoms with Crippen LogP contribution in [0.3, 0.4) is 0 Å². The van der Waals surface area contributed by atoms with Crippen LogP contribution in [0.2, 0.25) is 0 Å². The van der Waals surface area contributed by atoms with Crippen molar-refractivity contribution in [1.29, 1.82) is 0 Å². The van der Waals surface area contributed by atoms with E-state index < -0.39 is 0 Å². The number of rotatable bonds is 6. The molecule has 0 unspecified atom stereocenters. The molecular formula is C15H27N3. The molecule has 0 saturated carbocycles. The molecule has 0 spiro atoms. The third-order valence-corrected chi connectivity index (χ3v) is 2.68. The first-order valence-corrected chi connectivity index (χ1v) is 6.93. The van der Waals surface area contributed by atoms with Crippen LogP contribution in [-0.2, 0) is 13.0 Å². The summed E-state index contributed by atoms with van der Waals surface area (Å²) in [5.41, 5.74) is 2.60. The van der Waals surface area contributed by atoms with E-state index in [1.165, 1.54) is 5.56 Å². The largest absolute Gasteiger partial charge is 0.370 e.